The van der Waals surface area contributed by atoms with Gasteiger partial charge >= 0.3 is 0 Å². The molecule has 0 N–H and O–H groups in total. The lowest BCUT2D eigenvalue weighted by atomic mass is 9.82. The molecule has 1 aromatic carbocycles. The molecule has 0 atom stereocenters. The molecule has 0 fully saturated rings. The van der Waals surface area contributed by atoms with E-state index < -0.39 is 0 Å². The topological polar surface area (TPSA) is 3.88 Å². The minimum atomic E-state index is 0.0478. The van der Waals surface area contributed by atoms with E-state index in [4.69, 9.17) is 0 Å². The van der Waals surface area contributed by atoms with Crippen molar-refractivity contribution in [2.24, 2.45) is 0 Å². The number of hydrogen-bond acceptors (Lipinski definition) is 0. The van der Waals surface area contributed by atoms with Gasteiger partial charge in [-0.05, 0) is 40.5 Å². The van der Waals surface area contributed by atoms with Crippen molar-refractivity contribution in [2.75, 3.05) is 0 Å². The Labute approximate surface area is 158 Å². The fourth-order valence-corrected chi connectivity index (χ4v) is 5.55. The van der Waals surface area contributed by atoms with E-state index in [0.717, 1.165) is 12.8 Å². The van der Waals surface area contributed by atoms with Crippen LogP contribution >= 0.6 is 0 Å². The lowest BCUT2D eigenvalue weighted by Crippen LogP contribution is -2.56. The van der Waals surface area contributed by atoms with Gasteiger partial charge in [-0.15, -0.1) is 0 Å². The fourth-order valence-electron chi connectivity index (χ4n) is 5.55. The second-order valence-electron chi connectivity index (χ2n) is 9.53. The first kappa shape index (κ1) is 17.5. The van der Waals surface area contributed by atoms with E-state index >= 15 is 0 Å². The predicted octanol–water partition coefficient (Wildman–Crippen LogP) is 6.14. The first-order chi connectivity index (χ1) is 12.2. The Morgan fingerprint density at radius 3 is 2.27 bits per heavy atom. The highest BCUT2D eigenvalue weighted by molar-refractivity contribution is 5.73. The third-order valence-electron chi connectivity index (χ3n) is 6.95. The van der Waals surface area contributed by atoms with Gasteiger partial charge in [0.05, 0.1) is 5.56 Å². The fraction of sp³-hybridized carbons (Fsp3) is 0.480. The summed E-state index contributed by atoms with van der Waals surface area (Å²) in [6, 6.07) is 11.4. The van der Waals surface area contributed by atoms with E-state index in [1.165, 1.54) is 34.4 Å². The molecule has 1 heteroatoms. The van der Waals surface area contributed by atoms with Crippen molar-refractivity contribution in [2.45, 2.75) is 77.2 Å². The summed E-state index contributed by atoms with van der Waals surface area (Å²) in [5.74, 6) is 0. The molecule has 0 bridgehead atoms. The van der Waals surface area contributed by atoms with Crippen LogP contribution in [0.5, 0.6) is 0 Å². The molecule has 2 aliphatic rings. The van der Waals surface area contributed by atoms with Crippen molar-refractivity contribution in [1.82, 2.24) is 0 Å². The summed E-state index contributed by atoms with van der Waals surface area (Å²) in [5.41, 5.74) is 7.63. The molecule has 1 aromatic heterocycles. The van der Waals surface area contributed by atoms with Crippen molar-refractivity contribution in [3.8, 4) is 11.3 Å². The van der Waals surface area contributed by atoms with Crippen molar-refractivity contribution < 1.29 is 4.57 Å². The van der Waals surface area contributed by atoms with Gasteiger partial charge in [-0.3, -0.25) is 0 Å². The summed E-state index contributed by atoms with van der Waals surface area (Å²) < 4.78 is 2.59. The quantitative estimate of drug-likeness (QED) is 0.575. The second kappa shape index (κ2) is 5.55. The first-order valence-corrected chi connectivity index (χ1v) is 10.1. The number of fused-ring (bicyclic) bond motifs is 4. The normalized spacial score (nSPS) is 20.8. The lowest BCUT2D eigenvalue weighted by molar-refractivity contribution is -0.744. The van der Waals surface area contributed by atoms with Gasteiger partial charge in [-0.25, -0.2) is 0 Å². The number of rotatable bonds is 2. The zero-order valence-corrected chi connectivity index (χ0v) is 17.2. The van der Waals surface area contributed by atoms with Gasteiger partial charge in [0.1, 0.15) is 0 Å². The lowest BCUT2D eigenvalue weighted by Gasteiger charge is -2.26. The maximum absolute atomic E-state index is 2.59. The molecule has 4 rings (SSSR count). The number of benzene rings is 1. The molecule has 0 saturated carbocycles. The largest absolute Gasteiger partial charge is 0.214 e. The highest BCUT2D eigenvalue weighted by atomic mass is 15.1. The SMILES string of the molecule is CCC1(CC)C=Cc2ccccc2-c2cc3c(c[n+]21)C(C)(C)CC3(C)C. The first-order valence-electron chi connectivity index (χ1n) is 10.1. The number of nitrogens with zero attached hydrogens (tertiary/aromatic N) is 1. The highest BCUT2D eigenvalue weighted by Crippen LogP contribution is 2.50. The van der Waals surface area contributed by atoms with E-state index in [1.54, 1.807) is 0 Å². The van der Waals surface area contributed by atoms with Crippen molar-refractivity contribution in [3.63, 3.8) is 0 Å². The van der Waals surface area contributed by atoms with Gasteiger partial charge in [0.15, 0.2) is 11.7 Å². The van der Waals surface area contributed by atoms with Crippen molar-refractivity contribution >= 4 is 6.08 Å². The molecule has 0 radical (unpaired) electrons. The Bertz CT molecular complexity index is 894. The van der Waals surface area contributed by atoms with E-state index in [0.29, 0.717) is 0 Å². The molecule has 1 nitrogen and oxygen atoms in total. The summed E-state index contributed by atoms with van der Waals surface area (Å²) in [4.78, 5) is 0. The van der Waals surface area contributed by atoms with Crippen LogP contribution < -0.4 is 4.57 Å². The number of aromatic nitrogens is 1. The van der Waals surface area contributed by atoms with Crippen LogP contribution in [0.1, 0.15) is 77.5 Å². The van der Waals surface area contributed by atoms with Gasteiger partial charge in [-0.2, -0.15) is 4.57 Å². The minimum absolute atomic E-state index is 0.0478. The molecule has 26 heavy (non-hydrogen) atoms. The Kier molecular flexibility index (Phi) is 3.74. The molecule has 0 amide bonds. The molecular weight excluding hydrogens is 314 g/mol. The molecule has 0 saturated heterocycles. The van der Waals surface area contributed by atoms with Crippen LogP contribution in [0.25, 0.3) is 17.3 Å². The monoisotopic (exact) mass is 346 g/mol. The Morgan fingerprint density at radius 2 is 1.58 bits per heavy atom. The average Bonchev–Trinajstić information content (AvgIpc) is 2.72. The van der Waals surface area contributed by atoms with Crippen LogP contribution in [0.15, 0.2) is 42.6 Å². The molecule has 0 unspecified atom stereocenters. The van der Waals surface area contributed by atoms with Crippen LogP contribution in [0, 0.1) is 0 Å². The summed E-state index contributed by atoms with van der Waals surface area (Å²) in [7, 11) is 0. The number of hydrogen-bond donors (Lipinski definition) is 0. The predicted molar refractivity (Wildman–Crippen MR) is 110 cm³/mol. The Hall–Kier alpha value is -1.89. The second-order valence-corrected chi connectivity index (χ2v) is 9.53. The average molecular weight is 347 g/mol. The zero-order chi connectivity index (χ0) is 18.7. The van der Waals surface area contributed by atoms with E-state index in [2.05, 4.69) is 94.8 Å². The van der Waals surface area contributed by atoms with Gasteiger partial charge in [0.2, 0.25) is 5.69 Å². The van der Waals surface area contributed by atoms with Crippen molar-refractivity contribution in [1.29, 1.82) is 0 Å². The maximum Gasteiger partial charge on any atom is 0.214 e. The smallest absolute Gasteiger partial charge is 0.189 e. The third kappa shape index (κ3) is 2.32. The summed E-state index contributed by atoms with van der Waals surface area (Å²) in [5, 5.41) is 0. The van der Waals surface area contributed by atoms with Crippen LogP contribution in [0.2, 0.25) is 0 Å². The van der Waals surface area contributed by atoms with Crippen LogP contribution in [0.3, 0.4) is 0 Å². The molecule has 136 valence electrons. The van der Waals surface area contributed by atoms with Crippen LogP contribution in [0.4, 0.5) is 0 Å². The van der Waals surface area contributed by atoms with Crippen LogP contribution in [-0.4, -0.2) is 0 Å². The van der Waals surface area contributed by atoms with E-state index in [-0.39, 0.29) is 16.4 Å². The summed E-state index contributed by atoms with van der Waals surface area (Å²) in [6.45, 7) is 14.3. The van der Waals surface area contributed by atoms with Crippen LogP contribution in [-0.2, 0) is 16.4 Å². The summed E-state index contributed by atoms with van der Waals surface area (Å²) in [6.07, 6.45) is 10.7. The summed E-state index contributed by atoms with van der Waals surface area (Å²) >= 11 is 0. The van der Waals surface area contributed by atoms with Gasteiger partial charge in [-0.1, -0.05) is 65.8 Å². The van der Waals surface area contributed by atoms with Gasteiger partial charge in [0, 0.05) is 24.5 Å². The zero-order valence-electron chi connectivity index (χ0n) is 17.2. The van der Waals surface area contributed by atoms with Gasteiger partial charge in [0.25, 0.3) is 0 Å². The standard InChI is InChI=1S/C25H32N/c1-7-25(8-2)14-13-18-11-9-10-12-19(18)22-15-20-21(16-26(22)25)24(5,6)17-23(20,3)4/h9-16H,7-8,17H2,1-6H3/q+1. The van der Waals surface area contributed by atoms with Gasteiger partial charge < -0.3 is 0 Å². The molecule has 2 heterocycles. The highest BCUT2D eigenvalue weighted by Gasteiger charge is 2.47. The van der Waals surface area contributed by atoms with E-state index in [1.807, 2.05) is 0 Å². The Balaban J connectivity index is 2.11. The molecular formula is C25H32N+. The molecule has 1 aliphatic carbocycles. The maximum atomic E-state index is 2.59. The Morgan fingerprint density at radius 1 is 0.923 bits per heavy atom. The number of pyridine rings is 1. The third-order valence-corrected chi connectivity index (χ3v) is 6.95. The van der Waals surface area contributed by atoms with E-state index in [9.17, 15) is 0 Å². The molecule has 1 aliphatic heterocycles. The molecule has 2 aromatic rings. The minimum Gasteiger partial charge on any atom is -0.189 e. The molecule has 0 spiro atoms. The number of allylic oxidation sites excluding steroid dienone is 1. The van der Waals surface area contributed by atoms with Crippen molar-refractivity contribution in [3.05, 3.63) is 59.3 Å².